The fourth-order valence-corrected chi connectivity index (χ4v) is 0.812. The van der Waals surface area contributed by atoms with Crippen molar-refractivity contribution < 1.29 is 5.11 Å². The molecule has 0 saturated heterocycles. The molecule has 2 heteroatoms. The Morgan fingerprint density at radius 3 is 2.00 bits per heavy atom. The highest BCUT2D eigenvalue weighted by Crippen LogP contribution is 2.11. The monoisotopic (exact) mass is 153 g/mol. The van der Waals surface area contributed by atoms with E-state index in [-0.39, 0.29) is 12.3 Å². The number of rotatable bonds is 5. The third-order valence-corrected chi connectivity index (χ3v) is 1.38. The van der Waals surface area contributed by atoms with Gasteiger partial charge in [0.05, 0.1) is 6.54 Å². The van der Waals surface area contributed by atoms with E-state index in [2.05, 4.69) is 13.2 Å². The van der Waals surface area contributed by atoms with Crippen LogP contribution in [-0.4, -0.2) is 11.7 Å². The second-order valence-corrected chi connectivity index (χ2v) is 2.24. The van der Waals surface area contributed by atoms with Gasteiger partial charge in [-0.15, -0.1) is 13.2 Å². The molecule has 0 radical (unpaired) electrons. The van der Waals surface area contributed by atoms with E-state index in [0.29, 0.717) is 12.8 Å². The molecule has 0 aliphatic heterocycles. The summed E-state index contributed by atoms with van der Waals surface area (Å²) in [7, 11) is 0. The van der Waals surface area contributed by atoms with Gasteiger partial charge in [0.15, 0.2) is 0 Å². The summed E-state index contributed by atoms with van der Waals surface area (Å²) in [6.07, 6.45) is 4.83. The van der Waals surface area contributed by atoms with Gasteiger partial charge in [-0.3, -0.25) is 0 Å². The lowest BCUT2D eigenvalue weighted by atomic mass is 10.1. The standard InChI is InChI=1S/C9H15NO/c1-3-5-8(6-4-2)9(11)7-10/h3-4,11H,1-2,5-7,10H2. The lowest BCUT2D eigenvalue weighted by molar-refractivity contribution is 0.393. The SMILES string of the molecule is C=CCC(CC=C)=C(O)CN. The molecule has 0 aliphatic rings. The zero-order valence-electron chi connectivity index (χ0n) is 6.71. The molecule has 0 aromatic carbocycles. The minimum atomic E-state index is 0.191. The molecule has 11 heavy (non-hydrogen) atoms. The van der Waals surface area contributed by atoms with E-state index in [1.165, 1.54) is 0 Å². The summed E-state index contributed by atoms with van der Waals surface area (Å²) in [6, 6.07) is 0. The normalized spacial score (nSPS) is 8.82. The molecule has 0 aromatic heterocycles. The van der Waals surface area contributed by atoms with Gasteiger partial charge in [0.25, 0.3) is 0 Å². The van der Waals surface area contributed by atoms with E-state index in [9.17, 15) is 5.11 Å². The van der Waals surface area contributed by atoms with Gasteiger partial charge in [-0.2, -0.15) is 0 Å². The number of nitrogens with two attached hydrogens (primary N) is 1. The van der Waals surface area contributed by atoms with Gasteiger partial charge in [-0.1, -0.05) is 12.2 Å². The maximum absolute atomic E-state index is 9.24. The van der Waals surface area contributed by atoms with Crippen LogP contribution in [0, 0.1) is 0 Å². The van der Waals surface area contributed by atoms with E-state index in [1.807, 2.05) is 0 Å². The summed E-state index contributed by atoms with van der Waals surface area (Å²) in [6.45, 7) is 7.35. The topological polar surface area (TPSA) is 46.2 Å². The first-order valence-corrected chi connectivity index (χ1v) is 3.58. The van der Waals surface area contributed by atoms with Gasteiger partial charge in [0.1, 0.15) is 5.76 Å². The summed E-state index contributed by atoms with van der Waals surface area (Å²) in [5.41, 5.74) is 6.16. The third-order valence-electron chi connectivity index (χ3n) is 1.38. The van der Waals surface area contributed by atoms with Crippen LogP contribution in [0.3, 0.4) is 0 Å². The lowest BCUT2D eigenvalue weighted by Gasteiger charge is -2.03. The van der Waals surface area contributed by atoms with Crippen molar-refractivity contribution in [2.24, 2.45) is 5.73 Å². The maximum atomic E-state index is 9.24. The summed E-state index contributed by atoms with van der Waals surface area (Å²) < 4.78 is 0. The Morgan fingerprint density at radius 1 is 1.27 bits per heavy atom. The van der Waals surface area contributed by atoms with Gasteiger partial charge in [0.2, 0.25) is 0 Å². The zero-order chi connectivity index (χ0) is 8.69. The van der Waals surface area contributed by atoms with Gasteiger partial charge in [0, 0.05) is 0 Å². The molecular weight excluding hydrogens is 138 g/mol. The second-order valence-electron chi connectivity index (χ2n) is 2.24. The highest BCUT2D eigenvalue weighted by molar-refractivity contribution is 5.14. The molecular formula is C9H15NO. The molecule has 2 nitrogen and oxygen atoms in total. The molecule has 0 spiro atoms. The van der Waals surface area contributed by atoms with Gasteiger partial charge < -0.3 is 10.8 Å². The van der Waals surface area contributed by atoms with Crippen LogP contribution in [0.1, 0.15) is 12.8 Å². The van der Waals surface area contributed by atoms with Crippen molar-refractivity contribution in [3.8, 4) is 0 Å². The van der Waals surface area contributed by atoms with Crippen LogP contribution in [0.15, 0.2) is 36.6 Å². The number of hydrogen-bond acceptors (Lipinski definition) is 2. The second kappa shape index (κ2) is 5.74. The van der Waals surface area contributed by atoms with Crippen LogP contribution < -0.4 is 5.73 Å². The number of hydrogen-bond donors (Lipinski definition) is 2. The molecule has 0 fully saturated rings. The van der Waals surface area contributed by atoms with Crippen molar-refractivity contribution in [2.75, 3.05) is 6.54 Å². The molecule has 0 amide bonds. The first-order valence-electron chi connectivity index (χ1n) is 3.58. The highest BCUT2D eigenvalue weighted by atomic mass is 16.3. The summed E-state index contributed by atoms with van der Waals surface area (Å²) >= 11 is 0. The van der Waals surface area contributed by atoms with Crippen LogP contribution in [0.2, 0.25) is 0 Å². The fourth-order valence-electron chi connectivity index (χ4n) is 0.812. The minimum absolute atomic E-state index is 0.191. The Hall–Kier alpha value is -1.02. The smallest absolute Gasteiger partial charge is 0.106 e. The van der Waals surface area contributed by atoms with Crippen LogP contribution in [0.5, 0.6) is 0 Å². The van der Waals surface area contributed by atoms with Crippen molar-refractivity contribution in [3.05, 3.63) is 36.6 Å². The minimum Gasteiger partial charge on any atom is -0.511 e. The van der Waals surface area contributed by atoms with Crippen molar-refractivity contribution in [1.82, 2.24) is 0 Å². The molecule has 0 saturated carbocycles. The summed E-state index contributed by atoms with van der Waals surface area (Å²) in [4.78, 5) is 0. The fraction of sp³-hybridized carbons (Fsp3) is 0.333. The molecule has 0 aliphatic carbocycles. The van der Waals surface area contributed by atoms with Crippen LogP contribution in [-0.2, 0) is 0 Å². The lowest BCUT2D eigenvalue weighted by Crippen LogP contribution is -2.05. The number of aliphatic hydroxyl groups is 1. The molecule has 0 heterocycles. The molecule has 62 valence electrons. The highest BCUT2D eigenvalue weighted by Gasteiger charge is 1.99. The predicted octanol–water partition coefficient (Wildman–Crippen LogP) is 1.91. The van der Waals surface area contributed by atoms with Crippen LogP contribution in [0.25, 0.3) is 0 Å². The molecule has 0 aromatic rings. The average Bonchev–Trinajstić information content (AvgIpc) is 2.03. The molecule has 3 N–H and O–H groups in total. The number of allylic oxidation sites excluding steroid dienone is 3. The van der Waals surface area contributed by atoms with E-state index in [4.69, 9.17) is 5.73 Å². The van der Waals surface area contributed by atoms with Crippen molar-refractivity contribution in [1.29, 1.82) is 0 Å². The van der Waals surface area contributed by atoms with Crippen LogP contribution in [0.4, 0.5) is 0 Å². The first-order chi connectivity index (χ1) is 5.26. The van der Waals surface area contributed by atoms with Gasteiger partial charge >= 0.3 is 0 Å². The largest absolute Gasteiger partial charge is 0.511 e. The average molecular weight is 153 g/mol. The van der Waals surface area contributed by atoms with E-state index < -0.39 is 0 Å². The number of aliphatic hydroxyl groups excluding tert-OH is 1. The Kier molecular flexibility index (Phi) is 5.21. The molecule has 0 atom stereocenters. The quantitative estimate of drug-likeness (QED) is 0.468. The van der Waals surface area contributed by atoms with E-state index in [1.54, 1.807) is 12.2 Å². The van der Waals surface area contributed by atoms with E-state index in [0.717, 1.165) is 5.57 Å². The van der Waals surface area contributed by atoms with Crippen molar-refractivity contribution in [3.63, 3.8) is 0 Å². The van der Waals surface area contributed by atoms with E-state index >= 15 is 0 Å². The van der Waals surface area contributed by atoms with Crippen molar-refractivity contribution in [2.45, 2.75) is 12.8 Å². The summed E-state index contributed by atoms with van der Waals surface area (Å²) in [5, 5.41) is 9.24. The van der Waals surface area contributed by atoms with Crippen LogP contribution >= 0.6 is 0 Å². The molecule has 0 unspecified atom stereocenters. The predicted molar refractivity (Wildman–Crippen MR) is 48.3 cm³/mol. The Labute approximate surface area is 67.7 Å². The Balaban J connectivity index is 4.27. The van der Waals surface area contributed by atoms with Crippen molar-refractivity contribution >= 4 is 0 Å². The van der Waals surface area contributed by atoms with Gasteiger partial charge in [-0.25, -0.2) is 0 Å². The summed E-state index contributed by atoms with van der Waals surface area (Å²) in [5.74, 6) is 0.254. The maximum Gasteiger partial charge on any atom is 0.106 e. The Morgan fingerprint density at radius 2 is 1.73 bits per heavy atom. The molecule has 0 rings (SSSR count). The molecule has 0 bridgehead atoms. The zero-order valence-corrected chi connectivity index (χ0v) is 6.71. The first kappa shape index (κ1) is 9.98. The Bertz CT molecular complexity index is 158. The van der Waals surface area contributed by atoms with Gasteiger partial charge in [-0.05, 0) is 18.4 Å². The third kappa shape index (κ3) is 3.63.